The Morgan fingerprint density at radius 2 is 2.13 bits per heavy atom. The highest BCUT2D eigenvalue weighted by Gasteiger charge is 2.07. The van der Waals surface area contributed by atoms with E-state index in [1.165, 1.54) is 5.56 Å². The van der Waals surface area contributed by atoms with Gasteiger partial charge in [-0.15, -0.1) is 0 Å². The molecule has 3 heteroatoms. The molecule has 1 unspecified atom stereocenters. The predicted octanol–water partition coefficient (Wildman–Crippen LogP) is 2.69. The van der Waals surface area contributed by atoms with Gasteiger partial charge in [0.2, 0.25) is 0 Å². The molecule has 0 spiro atoms. The predicted molar refractivity (Wildman–Crippen MR) is 67.3 cm³/mol. The van der Waals surface area contributed by atoms with Crippen LogP contribution in [0.2, 0.25) is 0 Å². The standard InChI is InChI=1S/C12H17NOS/c1-3-10-6-4-5-7-11(10)14-9(2)8-12(13)15/h4-7,9H,3,8H2,1-2H3,(H2,13,15). The first-order chi connectivity index (χ1) is 7.13. The van der Waals surface area contributed by atoms with Crippen LogP contribution < -0.4 is 10.5 Å². The largest absolute Gasteiger partial charge is 0.490 e. The zero-order valence-electron chi connectivity index (χ0n) is 9.19. The molecule has 0 amide bonds. The third-order valence-corrected chi connectivity index (χ3v) is 2.34. The van der Waals surface area contributed by atoms with Crippen LogP contribution in [-0.4, -0.2) is 11.1 Å². The molecular weight excluding hydrogens is 206 g/mol. The van der Waals surface area contributed by atoms with E-state index in [0.717, 1.165) is 12.2 Å². The van der Waals surface area contributed by atoms with Crippen molar-refractivity contribution < 1.29 is 4.74 Å². The van der Waals surface area contributed by atoms with E-state index >= 15 is 0 Å². The minimum atomic E-state index is 0.0372. The van der Waals surface area contributed by atoms with Gasteiger partial charge in [0.1, 0.15) is 11.9 Å². The summed E-state index contributed by atoms with van der Waals surface area (Å²) in [6.07, 6.45) is 1.62. The monoisotopic (exact) mass is 223 g/mol. The van der Waals surface area contributed by atoms with Crippen LogP contribution in [0.3, 0.4) is 0 Å². The van der Waals surface area contributed by atoms with Gasteiger partial charge in [-0.05, 0) is 25.0 Å². The molecule has 0 aliphatic carbocycles. The van der Waals surface area contributed by atoms with Gasteiger partial charge in [0, 0.05) is 6.42 Å². The van der Waals surface area contributed by atoms with E-state index < -0.39 is 0 Å². The fourth-order valence-corrected chi connectivity index (χ4v) is 1.69. The molecule has 15 heavy (non-hydrogen) atoms. The summed E-state index contributed by atoms with van der Waals surface area (Å²) >= 11 is 4.85. The summed E-state index contributed by atoms with van der Waals surface area (Å²) in [6, 6.07) is 8.05. The first-order valence-electron chi connectivity index (χ1n) is 5.16. The number of hydrogen-bond acceptors (Lipinski definition) is 2. The van der Waals surface area contributed by atoms with Crippen molar-refractivity contribution >= 4 is 17.2 Å². The highest BCUT2D eigenvalue weighted by Crippen LogP contribution is 2.20. The van der Waals surface area contributed by atoms with Crippen molar-refractivity contribution in [3.8, 4) is 5.75 Å². The molecule has 0 aromatic heterocycles. The molecule has 2 N–H and O–H groups in total. The molecule has 0 bridgehead atoms. The van der Waals surface area contributed by atoms with Crippen LogP contribution in [0, 0.1) is 0 Å². The van der Waals surface area contributed by atoms with E-state index in [1.807, 2.05) is 25.1 Å². The lowest BCUT2D eigenvalue weighted by Gasteiger charge is -2.16. The summed E-state index contributed by atoms with van der Waals surface area (Å²) in [5.74, 6) is 0.934. The number of hydrogen-bond donors (Lipinski definition) is 1. The zero-order chi connectivity index (χ0) is 11.3. The van der Waals surface area contributed by atoms with Gasteiger partial charge < -0.3 is 10.5 Å². The highest BCUT2D eigenvalue weighted by molar-refractivity contribution is 7.80. The van der Waals surface area contributed by atoms with E-state index in [1.54, 1.807) is 0 Å². The SMILES string of the molecule is CCc1ccccc1OC(C)CC(N)=S. The van der Waals surface area contributed by atoms with Crippen molar-refractivity contribution in [3.63, 3.8) is 0 Å². The quantitative estimate of drug-likeness (QED) is 0.779. The van der Waals surface area contributed by atoms with E-state index in [4.69, 9.17) is 22.7 Å². The summed E-state index contributed by atoms with van der Waals surface area (Å²) in [4.78, 5) is 0.497. The fraction of sp³-hybridized carbons (Fsp3) is 0.417. The maximum Gasteiger partial charge on any atom is 0.122 e. The molecule has 1 aromatic rings. The van der Waals surface area contributed by atoms with Gasteiger partial charge in [-0.25, -0.2) is 0 Å². The van der Waals surface area contributed by atoms with Gasteiger partial charge in [-0.3, -0.25) is 0 Å². The molecule has 1 rings (SSSR count). The summed E-state index contributed by atoms with van der Waals surface area (Å²) in [6.45, 7) is 4.09. The molecular formula is C12H17NOS. The van der Waals surface area contributed by atoms with Gasteiger partial charge in [-0.1, -0.05) is 37.3 Å². The number of aryl methyl sites for hydroxylation is 1. The second kappa shape index (κ2) is 5.71. The first kappa shape index (κ1) is 12.0. The Morgan fingerprint density at radius 3 is 2.73 bits per heavy atom. The number of thiocarbonyl (C=S) groups is 1. The van der Waals surface area contributed by atoms with Crippen LogP contribution in [0.1, 0.15) is 25.8 Å². The Bertz CT molecular complexity index is 338. The molecule has 0 aliphatic rings. The smallest absolute Gasteiger partial charge is 0.122 e. The van der Waals surface area contributed by atoms with E-state index in [2.05, 4.69) is 13.0 Å². The third kappa shape index (κ3) is 3.88. The molecule has 2 nitrogen and oxygen atoms in total. The number of ether oxygens (including phenoxy) is 1. The average Bonchev–Trinajstić information content (AvgIpc) is 2.17. The second-order valence-electron chi connectivity index (χ2n) is 3.56. The fourth-order valence-electron chi connectivity index (χ4n) is 1.45. The Balaban J connectivity index is 2.67. The molecule has 1 atom stereocenters. The molecule has 0 saturated carbocycles. The molecule has 1 aromatic carbocycles. The van der Waals surface area contributed by atoms with Gasteiger partial charge in [0.05, 0.1) is 4.99 Å². The average molecular weight is 223 g/mol. The molecule has 0 saturated heterocycles. The zero-order valence-corrected chi connectivity index (χ0v) is 10.0. The Morgan fingerprint density at radius 1 is 1.47 bits per heavy atom. The first-order valence-corrected chi connectivity index (χ1v) is 5.57. The lowest BCUT2D eigenvalue weighted by molar-refractivity contribution is 0.228. The van der Waals surface area contributed by atoms with Crippen LogP contribution in [0.25, 0.3) is 0 Å². The topological polar surface area (TPSA) is 35.2 Å². The van der Waals surface area contributed by atoms with E-state index in [-0.39, 0.29) is 6.10 Å². The van der Waals surface area contributed by atoms with Crippen molar-refractivity contribution in [2.45, 2.75) is 32.8 Å². The third-order valence-electron chi connectivity index (χ3n) is 2.17. The van der Waals surface area contributed by atoms with Crippen LogP contribution in [0.15, 0.2) is 24.3 Å². The van der Waals surface area contributed by atoms with Crippen molar-refractivity contribution in [2.75, 3.05) is 0 Å². The van der Waals surface area contributed by atoms with Gasteiger partial charge in [0.15, 0.2) is 0 Å². The van der Waals surface area contributed by atoms with Crippen molar-refractivity contribution in [1.82, 2.24) is 0 Å². The Hall–Kier alpha value is -1.09. The van der Waals surface area contributed by atoms with Crippen molar-refractivity contribution in [1.29, 1.82) is 0 Å². The second-order valence-corrected chi connectivity index (χ2v) is 4.08. The van der Waals surface area contributed by atoms with Gasteiger partial charge >= 0.3 is 0 Å². The number of rotatable bonds is 5. The molecule has 82 valence electrons. The summed E-state index contributed by atoms with van der Waals surface area (Å²) in [5.41, 5.74) is 6.68. The normalized spacial score (nSPS) is 12.1. The number of nitrogens with two attached hydrogens (primary N) is 1. The van der Waals surface area contributed by atoms with E-state index in [0.29, 0.717) is 11.4 Å². The maximum absolute atomic E-state index is 5.78. The summed E-state index contributed by atoms with van der Waals surface area (Å²) in [7, 11) is 0. The molecule has 0 radical (unpaired) electrons. The van der Waals surface area contributed by atoms with Crippen LogP contribution in [0.4, 0.5) is 0 Å². The number of para-hydroxylation sites is 1. The summed E-state index contributed by atoms with van der Waals surface area (Å²) in [5, 5.41) is 0. The van der Waals surface area contributed by atoms with Crippen molar-refractivity contribution in [3.05, 3.63) is 29.8 Å². The van der Waals surface area contributed by atoms with Gasteiger partial charge in [-0.2, -0.15) is 0 Å². The Kier molecular flexibility index (Phi) is 4.56. The minimum absolute atomic E-state index is 0.0372. The van der Waals surface area contributed by atoms with E-state index in [9.17, 15) is 0 Å². The minimum Gasteiger partial charge on any atom is -0.490 e. The maximum atomic E-state index is 5.78. The van der Waals surface area contributed by atoms with Crippen LogP contribution in [-0.2, 0) is 6.42 Å². The highest BCUT2D eigenvalue weighted by atomic mass is 32.1. The van der Waals surface area contributed by atoms with Crippen molar-refractivity contribution in [2.24, 2.45) is 5.73 Å². The lowest BCUT2D eigenvalue weighted by Crippen LogP contribution is -2.21. The van der Waals surface area contributed by atoms with Gasteiger partial charge in [0.25, 0.3) is 0 Å². The molecule has 0 fully saturated rings. The summed E-state index contributed by atoms with van der Waals surface area (Å²) < 4.78 is 5.78. The van der Waals surface area contributed by atoms with Crippen LogP contribution in [0.5, 0.6) is 5.75 Å². The molecule has 0 heterocycles. The molecule has 0 aliphatic heterocycles. The number of benzene rings is 1. The Labute approximate surface area is 96.4 Å². The lowest BCUT2D eigenvalue weighted by atomic mass is 10.1. The van der Waals surface area contributed by atoms with Crippen LogP contribution >= 0.6 is 12.2 Å².